The van der Waals surface area contributed by atoms with E-state index < -0.39 is 48.6 Å². The molecule has 8 nitrogen and oxygen atoms in total. The van der Waals surface area contributed by atoms with Gasteiger partial charge in [0.15, 0.2) is 6.10 Å². The minimum absolute atomic E-state index is 0.0256. The number of carbonyl (C=O) groups excluding carboxylic acids is 3. The number of alkyl carbamates (subject to hydrolysis) is 1. The van der Waals surface area contributed by atoms with Crippen LogP contribution in [0.15, 0.2) is 54.6 Å². The van der Waals surface area contributed by atoms with Gasteiger partial charge in [0, 0.05) is 18.0 Å². The maximum Gasteiger partial charge on any atom is 0.408 e. The largest absolute Gasteiger partial charge is 0.439 e. The number of hydrogen-bond acceptors (Lipinski definition) is 5. The first kappa shape index (κ1) is 32.0. The maximum absolute atomic E-state index is 15.8. The number of hydrogen-bond donors (Lipinski definition) is 4. The van der Waals surface area contributed by atoms with Gasteiger partial charge in [0.05, 0.1) is 12.6 Å². The predicted molar refractivity (Wildman–Crippen MR) is 152 cm³/mol. The normalized spacial score (nSPS) is 17.6. The molecule has 3 rings (SSSR count). The number of ether oxygens (including phenoxy) is 1. The van der Waals surface area contributed by atoms with E-state index in [1.165, 1.54) is 26.0 Å². The quantitative estimate of drug-likeness (QED) is 0.279. The van der Waals surface area contributed by atoms with Crippen molar-refractivity contribution in [2.24, 2.45) is 17.8 Å². The molecule has 0 bridgehead atoms. The lowest BCUT2D eigenvalue weighted by Crippen LogP contribution is -2.52. The van der Waals surface area contributed by atoms with Crippen molar-refractivity contribution in [2.75, 3.05) is 13.2 Å². The number of aliphatic hydroxyl groups is 1. The van der Waals surface area contributed by atoms with Gasteiger partial charge in [-0.1, -0.05) is 76.2 Å². The van der Waals surface area contributed by atoms with E-state index in [1.807, 2.05) is 44.2 Å². The van der Waals surface area contributed by atoms with Gasteiger partial charge in [0.2, 0.25) is 11.8 Å². The lowest BCUT2D eigenvalue weighted by molar-refractivity contribution is -0.136. The van der Waals surface area contributed by atoms with Crippen LogP contribution in [0.3, 0.4) is 0 Å². The van der Waals surface area contributed by atoms with Gasteiger partial charge in [-0.15, -0.1) is 0 Å². The van der Waals surface area contributed by atoms with Crippen LogP contribution in [0.2, 0.25) is 0 Å². The average molecular weight is 574 g/mol. The van der Waals surface area contributed by atoms with Crippen molar-refractivity contribution in [1.82, 2.24) is 16.0 Å². The SMILES string of the molecule is CC(C)C[C@H](NC(=O)O[C@H](C(C)C)C(F)(F)c1cccc(-c2ccccc2)c1)C(=O)N[C@H](CO)C[C@@H]1CCNC1=O. The molecule has 1 aliphatic rings. The van der Waals surface area contributed by atoms with E-state index in [4.69, 9.17) is 4.74 Å². The number of carbonyl (C=O) groups is 3. The lowest BCUT2D eigenvalue weighted by atomic mass is 9.92. The second-order valence-corrected chi connectivity index (χ2v) is 11.4. The van der Waals surface area contributed by atoms with E-state index in [0.717, 1.165) is 5.56 Å². The summed E-state index contributed by atoms with van der Waals surface area (Å²) in [7, 11) is 0. The van der Waals surface area contributed by atoms with Crippen LogP contribution in [-0.2, 0) is 20.2 Å². The third-order valence-corrected chi connectivity index (χ3v) is 7.17. The molecule has 4 atom stereocenters. The first-order valence-corrected chi connectivity index (χ1v) is 14.1. The van der Waals surface area contributed by atoms with Crippen LogP contribution in [0.4, 0.5) is 13.6 Å². The van der Waals surface area contributed by atoms with Gasteiger partial charge < -0.3 is 25.8 Å². The Morgan fingerprint density at radius 2 is 1.73 bits per heavy atom. The zero-order valence-corrected chi connectivity index (χ0v) is 24.0. The highest BCUT2D eigenvalue weighted by Gasteiger charge is 2.46. The number of halogens is 2. The number of alkyl halides is 2. The zero-order valence-electron chi connectivity index (χ0n) is 24.0. The second-order valence-electron chi connectivity index (χ2n) is 11.4. The number of benzene rings is 2. The molecule has 0 radical (unpaired) electrons. The highest BCUT2D eigenvalue weighted by Crippen LogP contribution is 2.38. The minimum Gasteiger partial charge on any atom is -0.439 e. The highest BCUT2D eigenvalue weighted by atomic mass is 19.3. The van der Waals surface area contributed by atoms with Gasteiger partial charge in [-0.05, 0) is 48.3 Å². The van der Waals surface area contributed by atoms with E-state index in [0.29, 0.717) is 18.5 Å². The van der Waals surface area contributed by atoms with Crippen molar-refractivity contribution < 1.29 is 33.0 Å². The zero-order chi connectivity index (χ0) is 30.2. The fourth-order valence-electron chi connectivity index (χ4n) is 5.02. The Bertz CT molecular complexity index is 1180. The Morgan fingerprint density at radius 1 is 1.05 bits per heavy atom. The summed E-state index contributed by atoms with van der Waals surface area (Å²) in [6.45, 7) is 6.93. The van der Waals surface area contributed by atoms with Crippen LogP contribution in [0.1, 0.15) is 52.5 Å². The molecule has 4 N–H and O–H groups in total. The van der Waals surface area contributed by atoms with Crippen molar-refractivity contribution in [1.29, 1.82) is 0 Å². The van der Waals surface area contributed by atoms with Crippen LogP contribution in [0.25, 0.3) is 11.1 Å². The summed E-state index contributed by atoms with van der Waals surface area (Å²) in [6, 6.07) is 13.3. The Morgan fingerprint density at radius 3 is 2.32 bits per heavy atom. The lowest BCUT2D eigenvalue weighted by Gasteiger charge is -2.31. The Labute approximate surface area is 240 Å². The molecule has 10 heteroatoms. The van der Waals surface area contributed by atoms with Crippen LogP contribution in [0, 0.1) is 17.8 Å². The second kappa shape index (κ2) is 14.4. The fourth-order valence-corrected chi connectivity index (χ4v) is 5.02. The standard InChI is InChI=1S/C31H41F2N3O5/c1-19(2)15-26(29(39)35-25(18-37)17-23-13-14-34-28(23)38)36-30(40)41-27(20(3)4)31(32,33)24-12-8-11-22(16-24)21-9-6-5-7-10-21/h5-12,16,19-20,23,25-27,37H,13-15,17-18H2,1-4H3,(H,34,38)(H,35,39)(H,36,40)/t23-,25-,26-,27+/m0/s1. The Kier molecular flexibility index (Phi) is 11.2. The number of nitrogens with one attached hydrogen (secondary N) is 3. The molecule has 3 amide bonds. The maximum atomic E-state index is 15.8. The molecule has 224 valence electrons. The number of rotatable bonds is 13. The summed E-state index contributed by atoms with van der Waals surface area (Å²) in [5.41, 5.74) is 1.10. The molecule has 1 saturated heterocycles. The van der Waals surface area contributed by atoms with Crippen LogP contribution in [-0.4, -0.2) is 54.4 Å². The average Bonchev–Trinajstić information content (AvgIpc) is 3.34. The van der Waals surface area contributed by atoms with Crippen molar-refractivity contribution in [2.45, 2.75) is 71.1 Å². The summed E-state index contributed by atoms with van der Waals surface area (Å²) in [5.74, 6) is -5.34. The molecule has 0 spiro atoms. The fraction of sp³-hybridized carbons (Fsp3) is 0.516. The summed E-state index contributed by atoms with van der Waals surface area (Å²) in [5, 5.41) is 17.7. The van der Waals surface area contributed by atoms with Crippen LogP contribution in [0.5, 0.6) is 0 Å². The smallest absolute Gasteiger partial charge is 0.408 e. The molecule has 2 aromatic rings. The van der Waals surface area contributed by atoms with E-state index in [2.05, 4.69) is 16.0 Å². The molecule has 0 aliphatic carbocycles. The highest BCUT2D eigenvalue weighted by molar-refractivity contribution is 5.86. The molecule has 1 fully saturated rings. The molecule has 41 heavy (non-hydrogen) atoms. The Hall–Kier alpha value is -3.53. The molecule has 0 unspecified atom stereocenters. The first-order chi connectivity index (χ1) is 19.4. The molecule has 1 aliphatic heterocycles. The monoisotopic (exact) mass is 573 g/mol. The molecule has 2 aromatic carbocycles. The first-order valence-electron chi connectivity index (χ1n) is 14.1. The number of amides is 3. The van der Waals surface area contributed by atoms with Crippen molar-refractivity contribution in [3.63, 3.8) is 0 Å². The van der Waals surface area contributed by atoms with Gasteiger partial charge >= 0.3 is 12.0 Å². The Balaban J connectivity index is 1.72. The van der Waals surface area contributed by atoms with Crippen LogP contribution >= 0.6 is 0 Å². The minimum atomic E-state index is -3.52. The van der Waals surface area contributed by atoms with Gasteiger partial charge in [0.25, 0.3) is 0 Å². The van der Waals surface area contributed by atoms with Gasteiger partial charge in [-0.25, -0.2) is 4.79 Å². The van der Waals surface area contributed by atoms with Crippen LogP contribution < -0.4 is 16.0 Å². The van der Waals surface area contributed by atoms with Gasteiger partial charge in [0.1, 0.15) is 6.04 Å². The van der Waals surface area contributed by atoms with Crippen molar-refractivity contribution in [3.8, 4) is 11.1 Å². The summed E-state index contributed by atoms with van der Waals surface area (Å²) < 4.78 is 37.0. The molecule has 1 heterocycles. The molecular formula is C31H41F2N3O5. The predicted octanol–water partition coefficient (Wildman–Crippen LogP) is 4.61. The van der Waals surface area contributed by atoms with Crippen molar-refractivity contribution in [3.05, 3.63) is 60.2 Å². The third-order valence-electron chi connectivity index (χ3n) is 7.17. The topological polar surface area (TPSA) is 117 Å². The van der Waals surface area contributed by atoms with Gasteiger partial charge in [-0.3, -0.25) is 9.59 Å². The molecule has 0 aromatic heterocycles. The van der Waals surface area contributed by atoms with E-state index in [1.54, 1.807) is 12.1 Å². The van der Waals surface area contributed by atoms with E-state index in [9.17, 15) is 19.5 Å². The summed E-state index contributed by atoms with van der Waals surface area (Å²) in [4.78, 5) is 38.0. The number of aliphatic hydroxyl groups excluding tert-OH is 1. The third kappa shape index (κ3) is 8.73. The summed E-state index contributed by atoms with van der Waals surface area (Å²) >= 11 is 0. The van der Waals surface area contributed by atoms with Crippen molar-refractivity contribution >= 4 is 17.9 Å². The molecular weight excluding hydrogens is 532 g/mol. The molecule has 0 saturated carbocycles. The van der Waals surface area contributed by atoms with E-state index >= 15 is 8.78 Å². The van der Waals surface area contributed by atoms with E-state index in [-0.39, 0.29) is 36.1 Å². The summed E-state index contributed by atoms with van der Waals surface area (Å²) in [6.07, 6.45) is -1.88. The van der Waals surface area contributed by atoms with Gasteiger partial charge in [-0.2, -0.15) is 8.78 Å².